The summed E-state index contributed by atoms with van der Waals surface area (Å²) in [5, 5.41) is 3.73. The highest BCUT2D eigenvalue weighted by molar-refractivity contribution is 9.10. The van der Waals surface area contributed by atoms with Crippen LogP contribution in [0.2, 0.25) is 0 Å². The Morgan fingerprint density at radius 3 is 2.57 bits per heavy atom. The summed E-state index contributed by atoms with van der Waals surface area (Å²) in [6.45, 7) is 3.89. The third-order valence-electron chi connectivity index (χ3n) is 2.97. The summed E-state index contributed by atoms with van der Waals surface area (Å²) < 4.78 is 44.9. The normalized spacial score (nSPS) is 12.1. The van der Waals surface area contributed by atoms with Crippen molar-refractivity contribution in [2.24, 2.45) is 5.92 Å². The van der Waals surface area contributed by atoms with Crippen molar-refractivity contribution in [1.29, 1.82) is 0 Å². The molecule has 2 rings (SSSR count). The molecule has 1 heterocycles. The highest BCUT2D eigenvalue weighted by Crippen LogP contribution is 2.40. The monoisotopic (exact) mass is 362 g/mol. The van der Waals surface area contributed by atoms with Gasteiger partial charge in [0.2, 0.25) is 5.88 Å². The van der Waals surface area contributed by atoms with Crippen LogP contribution in [0.5, 0.6) is 0 Å². The maximum atomic E-state index is 13.2. The zero-order valence-electron chi connectivity index (χ0n) is 11.5. The predicted octanol–water partition coefficient (Wildman–Crippen LogP) is 4.90. The average Bonchev–Trinajstić information content (AvgIpc) is 2.69. The minimum Gasteiger partial charge on any atom is -0.367 e. The van der Waals surface area contributed by atoms with Gasteiger partial charge in [-0.15, -0.1) is 0 Å². The number of nitrogens with zero attached hydrogens (tertiary/aromatic N) is 1. The fourth-order valence-electron chi connectivity index (χ4n) is 2.10. The topological polar surface area (TPSA) is 52.0 Å². The molecule has 0 atom stereocenters. The maximum absolute atomic E-state index is 13.2. The van der Waals surface area contributed by atoms with E-state index in [-0.39, 0.29) is 23.1 Å². The molecule has 0 spiro atoms. The summed E-state index contributed by atoms with van der Waals surface area (Å²) in [6, 6.07) is 3.93. The van der Waals surface area contributed by atoms with Crippen LogP contribution in [0.4, 0.5) is 19.1 Å². The molecule has 1 aromatic carbocycles. The van der Waals surface area contributed by atoms with Gasteiger partial charge in [-0.1, -0.05) is 41.0 Å². The Kier molecular flexibility index (Phi) is 4.32. The van der Waals surface area contributed by atoms with Gasteiger partial charge in [-0.25, -0.2) is 0 Å². The quantitative estimate of drug-likeness (QED) is 0.844. The van der Waals surface area contributed by atoms with Crippen LogP contribution >= 0.6 is 15.9 Å². The first-order chi connectivity index (χ1) is 9.70. The van der Waals surface area contributed by atoms with Gasteiger partial charge >= 0.3 is 6.18 Å². The number of hydrogen-bond donors (Lipinski definition) is 1. The molecular weight excluding hydrogens is 349 g/mol. The Labute approximate surface area is 128 Å². The van der Waals surface area contributed by atoms with Gasteiger partial charge in [-0.2, -0.15) is 13.2 Å². The van der Waals surface area contributed by atoms with E-state index in [4.69, 9.17) is 10.3 Å². The number of anilines is 1. The van der Waals surface area contributed by atoms with E-state index in [9.17, 15) is 13.2 Å². The molecule has 0 aliphatic carbocycles. The second kappa shape index (κ2) is 5.71. The number of hydrogen-bond acceptors (Lipinski definition) is 3. The minimum atomic E-state index is -4.48. The van der Waals surface area contributed by atoms with Crippen molar-refractivity contribution in [2.45, 2.75) is 26.4 Å². The molecule has 114 valence electrons. The number of alkyl halides is 3. The lowest BCUT2D eigenvalue weighted by Crippen LogP contribution is -2.08. The van der Waals surface area contributed by atoms with Crippen LogP contribution in [-0.4, -0.2) is 5.16 Å². The lowest BCUT2D eigenvalue weighted by Gasteiger charge is -2.13. The Bertz CT molecular complexity index is 650. The SMILES string of the molecule is CC(C)Cc1c(-c2ccc(Br)cc2C(F)(F)F)noc1N. The van der Waals surface area contributed by atoms with E-state index < -0.39 is 11.7 Å². The van der Waals surface area contributed by atoms with Crippen molar-refractivity contribution in [2.75, 3.05) is 5.73 Å². The van der Waals surface area contributed by atoms with E-state index in [1.165, 1.54) is 12.1 Å². The molecule has 0 bridgehead atoms. The zero-order chi connectivity index (χ0) is 15.8. The first-order valence-electron chi connectivity index (χ1n) is 6.31. The molecule has 0 aliphatic heterocycles. The Morgan fingerprint density at radius 2 is 2.00 bits per heavy atom. The highest BCUT2D eigenvalue weighted by Gasteiger charge is 2.35. The number of rotatable bonds is 3. The summed E-state index contributed by atoms with van der Waals surface area (Å²) in [6.07, 6.45) is -3.99. The van der Waals surface area contributed by atoms with Crippen molar-refractivity contribution in [3.05, 3.63) is 33.8 Å². The molecule has 0 amide bonds. The lowest BCUT2D eigenvalue weighted by molar-refractivity contribution is -0.137. The molecule has 21 heavy (non-hydrogen) atoms. The molecular formula is C14H14BrF3N2O. The largest absolute Gasteiger partial charge is 0.417 e. The molecule has 2 aromatic rings. The number of nitrogen functional groups attached to an aromatic ring is 1. The van der Waals surface area contributed by atoms with Crippen molar-refractivity contribution in [1.82, 2.24) is 5.16 Å². The van der Waals surface area contributed by atoms with Crippen molar-refractivity contribution < 1.29 is 17.7 Å². The highest BCUT2D eigenvalue weighted by atomic mass is 79.9. The number of nitrogens with two attached hydrogens (primary N) is 1. The van der Waals surface area contributed by atoms with Gasteiger partial charge in [0.25, 0.3) is 0 Å². The van der Waals surface area contributed by atoms with Gasteiger partial charge in [0.1, 0.15) is 5.69 Å². The van der Waals surface area contributed by atoms with E-state index in [2.05, 4.69) is 21.1 Å². The van der Waals surface area contributed by atoms with E-state index in [1.807, 2.05) is 13.8 Å². The summed E-state index contributed by atoms with van der Waals surface area (Å²) in [5.41, 5.74) is 5.57. The van der Waals surface area contributed by atoms with Gasteiger partial charge in [-0.05, 0) is 24.5 Å². The van der Waals surface area contributed by atoms with Crippen LogP contribution in [0.25, 0.3) is 11.3 Å². The van der Waals surface area contributed by atoms with Crippen molar-refractivity contribution >= 4 is 21.8 Å². The van der Waals surface area contributed by atoms with E-state index in [0.29, 0.717) is 16.5 Å². The lowest BCUT2D eigenvalue weighted by atomic mass is 9.96. The van der Waals surface area contributed by atoms with Crippen LogP contribution in [0.3, 0.4) is 0 Å². The third-order valence-corrected chi connectivity index (χ3v) is 3.47. The molecule has 0 saturated heterocycles. The molecule has 0 unspecified atom stereocenters. The molecule has 0 fully saturated rings. The smallest absolute Gasteiger partial charge is 0.367 e. The van der Waals surface area contributed by atoms with E-state index >= 15 is 0 Å². The molecule has 0 radical (unpaired) electrons. The van der Waals surface area contributed by atoms with Crippen molar-refractivity contribution in [3.63, 3.8) is 0 Å². The van der Waals surface area contributed by atoms with Gasteiger partial charge in [0.05, 0.1) is 5.56 Å². The summed E-state index contributed by atoms with van der Waals surface area (Å²) >= 11 is 3.06. The molecule has 0 saturated carbocycles. The van der Waals surface area contributed by atoms with Crippen LogP contribution in [0.1, 0.15) is 25.0 Å². The first-order valence-corrected chi connectivity index (χ1v) is 7.10. The Morgan fingerprint density at radius 1 is 1.33 bits per heavy atom. The molecule has 1 aromatic heterocycles. The third kappa shape index (κ3) is 3.40. The summed E-state index contributed by atoms with van der Waals surface area (Å²) in [4.78, 5) is 0. The van der Waals surface area contributed by atoms with Crippen LogP contribution < -0.4 is 5.73 Å². The number of benzene rings is 1. The zero-order valence-corrected chi connectivity index (χ0v) is 13.0. The Balaban J connectivity index is 2.63. The van der Waals surface area contributed by atoms with Crippen LogP contribution in [0, 0.1) is 5.92 Å². The number of halogens is 4. The fourth-order valence-corrected chi connectivity index (χ4v) is 2.46. The average molecular weight is 363 g/mol. The Hall–Kier alpha value is -1.50. The van der Waals surface area contributed by atoms with E-state index in [1.54, 1.807) is 0 Å². The minimum absolute atomic E-state index is 0.0261. The van der Waals surface area contributed by atoms with Crippen LogP contribution in [-0.2, 0) is 12.6 Å². The second-order valence-corrected chi connectivity index (χ2v) is 6.08. The summed E-state index contributed by atoms with van der Waals surface area (Å²) in [7, 11) is 0. The molecule has 2 N–H and O–H groups in total. The first kappa shape index (κ1) is 15.9. The standard InChI is InChI=1S/C14H14BrF3N2O/c1-7(2)5-10-12(20-21-13(10)19)9-4-3-8(15)6-11(9)14(16,17)18/h3-4,6-7H,5,19H2,1-2H3. The fraction of sp³-hybridized carbons (Fsp3) is 0.357. The number of aromatic nitrogens is 1. The molecule has 0 aliphatic rings. The van der Waals surface area contributed by atoms with Gasteiger partial charge < -0.3 is 10.3 Å². The van der Waals surface area contributed by atoms with Crippen molar-refractivity contribution in [3.8, 4) is 11.3 Å². The molecule has 7 heteroatoms. The summed E-state index contributed by atoms with van der Waals surface area (Å²) in [5.74, 6) is 0.282. The van der Waals surface area contributed by atoms with Gasteiger partial charge in [0.15, 0.2) is 0 Å². The van der Waals surface area contributed by atoms with Gasteiger partial charge in [-0.3, -0.25) is 0 Å². The molecule has 3 nitrogen and oxygen atoms in total. The second-order valence-electron chi connectivity index (χ2n) is 5.16. The van der Waals surface area contributed by atoms with Crippen LogP contribution in [0.15, 0.2) is 27.2 Å². The van der Waals surface area contributed by atoms with Gasteiger partial charge in [0, 0.05) is 15.6 Å². The predicted molar refractivity (Wildman–Crippen MR) is 77.6 cm³/mol. The van der Waals surface area contributed by atoms with E-state index in [0.717, 1.165) is 6.07 Å². The maximum Gasteiger partial charge on any atom is 0.417 e.